The molecule has 2 N–H and O–H groups in total. The largest absolute Gasteiger partial charge is 0.365 e. The normalized spacial score (nSPS) is 14.3. The number of amides is 1. The molecule has 0 aliphatic heterocycles. The number of nitrogens with one attached hydrogen (secondary N) is 2. The van der Waals surface area contributed by atoms with Crippen molar-refractivity contribution in [3.8, 4) is 0 Å². The van der Waals surface area contributed by atoms with Crippen molar-refractivity contribution in [1.82, 2.24) is 9.97 Å². The summed E-state index contributed by atoms with van der Waals surface area (Å²) in [6.07, 6.45) is 4.78. The second-order valence-electron chi connectivity index (χ2n) is 6.47. The molecule has 1 aromatic carbocycles. The van der Waals surface area contributed by atoms with E-state index in [2.05, 4.69) is 33.6 Å². The monoisotopic (exact) mass is 352 g/mol. The van der Waals surface area contributed by atoms with Crippen LogP contribution in [0.15, 0.2) is 36.7 Å². The molecule has 3 aromatic rings. The van der Waals surface area contributed by atoms with Crippen molar-refractivity contribution in [3.05, 3.63) is 47.1 Å². The Morgan fingerprint density at radius 1 is 1.28 bits per heavy atom. The zero-order valence-corrected chi connectivity index (χ0v) is 14.9. The summed E-state index contributed by atoms with van der Waals surface area (Å²) in [6.45, 7) is 2.72. The SMILES string of the molecule is Cc1cc2c(NCc3cccc(NC(=O)C4CCC4)c3)ncnc2s1. The van der Waals surface area contributed by atoms with E-state index in [0.29, 0.717) is 6.54 Å². The molecule has 128 valence electrons. The Balaban J connectivity index is 1.45. The minimum atomic E-state index is 0.141. The van der Waals surface area contributed by atoms with Gasteiger partial charge in [0.15, 0.2) is 0 Å². The third kappa shape index (κ3) is 3.49. The number of carbonyl (C=O) groups excluding carboxylic acids is 1. The molecule has 0 atom stereocenters. The van der Waals surface area contributed by atoms with Crippen LogP contribution in [-0.2, 0) is 11.3 Å². The first-order valence-electron chi connectivity index (χ1n) is 8.54. The number of benzene rings is 1. The number of thiophene rings is 1. The summed E-state index contributed by atoms with van der Waals surface area (Å²) in [4.78, 5) is 23.0. The number of nitrogens with zero attached hydrogens (tertiary/aromatic N) is 2. The molecular formula is C19H20N4OS. The zero-order chi connectivity index (χ0) is 17.2. The van der Waals surface area contributed by atoms with Gasteiger partial charge in [-0.15, -0.1) is 11.3 Å². The third-order valence-corrected chi connectivity index (χ3v) is 5.54. The van der Waals surface area contributed by atoms with E-state index in [1.165, 1.54) is 4.88 Å². The van der Waals surface area contributed by atoms with Crippen LogP contribution in [0.5, 0.6) is 0 Å². The third-order valence-electron chi connectivity index (χ3n) is 4.58. The lowest BCUT2D eigenvalue weighted by Gasteiger charge is -2.24. The summed E-state index contributed by atoms with van der Waals surface area (Å²) >= 11 is 1.67. The second kappa shape index (κ2) is 6.80. The van der Waals surface area contributed by atoms with Gasteiger partial charge in [0, 0.05) is 23.0 Å². The molecule has 4 rings (SSSR count). The van der Waals surface area contributed by atoms with Gasteiger partial charge in [-0.3, -0.25) is 4.79 Å². The smallest absolute Gasteiger partial charge is 0.227 e. The van der Waals surface area contributed by atoms with Crippen molar-refractivity contribution >= 4 is 39.0 Å². The molecule has 1 aliphatic rings. The van der Waals surface area contributed by atoms with Crippen LogP contribution in [0.1, 0.15) is 29.7 Å². The first kappa shape index (κ1) is 16.0. The predicted octanol–water partition coefficient (Wildman–Crippen LogP) is 4.35. The van der Waals surface area contributed by atoms with Crippen LogP contribution in [0.2, 0.25) is 0 Å². The maximum atomic E-state index is 12.1. The summed E-state index contributed by atoms with van der Waals surface area (Å²) in [5, 5.41) is 7.47. The van der Waals surface area contributed by atoms with E-state index in [-0.39, 0.29) is 11.8 Å². The van der Waals surface area contributed by atoms with E-state index in [0.717, 1.165) is 46.5 Å². The summed E-state index contributed by atoms with van der Waals surface area (Å²) in [5.41, 5.74) is 1.96. The van der Waals surface area contributed by atoms with Crippen molar-refractivity contribution in [2.75, 3.05) is 10.6 Å². The number of fused-ring (bicyclic) bond motifs is 1. The van der Waals surface area contributed by atoms with Crippen molar-refractivity contribution in [3.63, 3.8) is 0 Å². The highest BCUT2D eigenvalue weighted by atomic mass is 32.1. The van der Waals surface area contributed by atoms with E-state index in [1.54, 1.807) is 17.7 Å². The highest BCUT2D eigenvalue weighted by molar-refractivity contribution is 7.18. The maximum absolute atomic E-state index is 12.1. The van der Waals surface area contributed by atoms with E-state index in [9.17, 15) is 4.79 Å². The quantitative estimate of drug-likeness (QED) is 0.716. The average Bonchev–Trinajstić information content (AvgIpc) is 2.92. The first-order valence-corrected chi connectivity index (χ1v) is 9.35. The lowest BCUT2D eigenvalue weighted by molar-refractivity contribution is -0.122. The van der Waals surface area contributed by atoms with E-state index in [4.69, 9.17) is 0 Å². The van der Waals surface area contributed by atoms with Crippen LogP contribution in [0, 0.1) is 12.8 Å². The minimum absolute atomic E-state index is 0.141. The van der Waals surface area contributed by atoms with E-state index in [1.807, 2.05) is 24.3 Å². The number of anilines is 2. The number of hydrogen-bond donors (Lipinski definition) is 2. The van der Waals surface area contributed by atoms with Gasteiger partial charge in [-0.1, -0.05) is 18.6 Å². The Hall–Kier alpha value is -2.47. The van der Waals surface area contributed by atoms with Gasteiger partial charge < -0.3 is 10.6 Å². The molecule has 0 radical (unpaired) electrons. The van der Waals surface area contributed by atoms with Gasteiger partial charge in [-0.25, -0.2) is 9.97 Å². The molecule has 0 saturated heterocycles. The highest BCUT2D eigenvalue weighted by Gasteiger charge is 2.25. The fraction of sp³-hybridized carbons (Fsp3) is 0.316. The molecule has 2 heterocycles. The van der Waals surface area contributed by atoms with Crippen LogP contribution in [0.3, 0.4) is 0 Å². The molecular weight excluding hydrogens is 332 g/mol. The average molecular weight is 352 g/mol. The molecule has 6 heteroatoms. The number of aromatic nitrogens is 2. The van der Waals surface area contributed by atoms with Gasteiger partial charge in [0.2, 0.25) is 5.91 Å². The molecule has 1 amide bonds. The van der Waals surface area contributed by atoms with Gasteiger partial charge in [0.1, 0.15) is 17.0 Å². The first-order chi connectivity index (χ1) is 12.2. The molecule has 2 aromatic heterocycles. The number of rotatable bonds is 5. The molecule has 1 aliphatic carbocycles. The Morgan fingerprint density at radius 2 is 2.16 bits per heavy atom. The highest BCUT2D eigenvalue weighted by Crippen LogP contribution is 2.29. The molecule has 1 fully saturated rings. The topological polar surface area (TPSA) is 66.9 Å². The van der Waals surface area contributed by atoms with Crippen LogP contribution in [0.4, 0.5) is 11.5 Å². The van der Waals surface area contributed by atoms with Gasteiger partial charge in [-0.2, -0.15) is 0 Å². The lowest BCUT2D eigenvalue weighted by atomic mass is 9.85. The molecule has 0 spiro atoms. The summed E-state index contributed by atoms with van der Waals surface area (Å²) in [5.74, 6) is 1.18. The van der Waals surface area contributed by atoms with Gasteiger partial charge in [0.05, 0.1) is 5.39 Å². The number of aryl methyl sites for hydroxylation is 1. The lowest BCUT2D eigenvalue weighted by Crippen LogP contribution is -2.28. The van der Waals surface area contributed by atoms with Gasteiger partial charge in [0.25, 0.3) is 0 Å². The maximum Gasteiger partial charge on any atom is 0.227 e. The molecule has 5 nitrogen and oxygen atoms in total. The minimum Gasteiger partial charge on any atom is -0.365 e. The molecule has 25 heavy (non-hydrogen) atoms. The van der Waals surface area contributed by atoms with Crippen LogP contribution >= 0.6 is 11.3 Å². The van der Waals surface area contributed by atoms with Gasteiger partial charge in [-0.05, 0) is 43.5 Å². The Kier molecular flexibility index (Phi) is 4.36. The zero-order valence-electron chi connectivity index (χ0n) is 14.1. The standard InChI is InChI=1S/C19H20N4OS/c1-12-8-16-17(21-11-22-19(16)25-12)20-10-13-4-2-7-15(9-13)23-18(24)14-5-3-6-14/h2,4,7-9,11,14H,3,5-6,10H2,1H3,(H,23,24)(H,20,21,22). The van der Waals surface area contributed by atoms with Crippen molar-refractivity contribution in [2.24, 2.45) is 5.92 Å². The van der Waals surface area contributed by atoms with Crippen molar-refractivity contribution in [1.29, 1.82) is 0 Å². The van der Waals surface area contributed by atoms with E-state index < -0.39 is 0 Å². The summed E-state index contributed by atoms with van der Waals surface area (Å²) in [6, 6.07) is 10.1. The molecule has 1 saturated carbocycles. The van der Waals surface area contributed by atoms with Gasteiger partial charge >= 0.3 is 0 Å². The Labute approximate surface area is 150 Å². The fourth-order valence-electron chi connectivity index (χ4n) is 2.98. The second-order valence-corrected chi connectivity index (χ2v) is 7.70. The van der Waals surface area contributed by atoms with Crippen molar-refractivity contribution in [2.45, 2.75) is 32.7 Å². The molecule has 0 bridgehead atoms. The van der Waals surface area contributed by atoms with E-state index >= 15 is 0 Å². The van der Waals surface area contributed by atoms with Crippen molar-refractivity contribution < 1.29 is 4.79 Å². The Morgan fingerprint density at radius 3 is 2.96 bits per heavy atom. The number of carbonyl (C=O) groups is 1. The number of hydrogen-bond acceptors (Lipinski definition) is 5. The molecule has 0 unspecified atom stereocenters. The van der Waals surface area contributed by atoms with Crippen LogP contribution in [-0.4, -0.2) is 15.9 Å². The van der Waals surface area contributed by atoms with Crippen LogP contribution < -0.4 is 10.6 Å². The summed E-state index contributed by atoms with van der Waals surface area (Å²) < 4.78 is 0. The fourth-order valence-corrected chi connectivity index (χ4v) is 3.82. The predicted molar refractivity (Wildman–Crippen MR) is 102 cm³/mol. The Bertz CT molecular complexity index is 917. The summed E-state index contributed by atoms with van der Waals surface area (Å²) in [7, 11) is 0. The van der Waals surface area contributed by atoms with Crippen LogP contribution in [0.25, 0.3) is 10.2 Å².